The van der Waals surface area contributed by atoms with Crippen LogP contribution in [0.2, 0.25) is 0 Å². The zero-order valence-electron chi connectivity index (χ0n) is 19.6. The maximum absolute atomic E-state index is 14.5. The summed E-state index contributed by atoms with van der Waals surface area (Å²) in [6, 6.07) is 8.74. The topological polar surface area (TPSA) is 78.1 Å². The van der Waals surface area contributed by atoms with Crippen molar-refractivity contribution in [2.75, 3.05) is 18.6 Å². The van der Waals surface area contributed by atoms with E-state index in [-0.39, 0.29) is 24.1 Å². The second-order valence-corrected chi connectivity index (χ2v) is 8.52. The average Bonchev–Trinajstić information content (AvgIpc) is 3.49. The lowest BCUT2D eigenvalue weighted by molar-refractivity contribution is -0.122. The Morgan fingerprint density at radius 1 is 1.17 bits per heavy atom. The number of hydrogen-bond donors (Lipinski definition) is 0. The number of aryl methyl sites for hydroxylation is 1. The van der Waals surface area contributed by atoms with Gasteiger partial charge in [0.15, 0.2) is 0 Å². The maximum atomic E-state index is 14.5. The zero-order valence-corrected chi connectivity index (χ0v) is 19.6. The van der Waals surface area contributed by atoms with E-state index in [0.29, 0.717) is 17.0 Å². The first kappa shape index (κ1) is 23.6. The van der Waals surface area contributed by atoms with Crippen LogP contribution in [0.15, 0.2) is 55.1 Å². The Morgan fingerprint density at radius 3 is 2.72 bits per heavy atom. The number of methoxy groups -OCH3 is 1. The van der Waals surface area contributed by atoms with Crippen LogP contribution in [0.4, 0.5) is 18.9 Å². The number of alkyl halides is 2. The molecule has 11 heteroatoms. The predicted molar refractivity (Wildman–Crippen MR) is 126 cm³/mol. The van der Waals surface area contributed by atoms with Crippen molar-refractivity contribution in [3.05, 3.63) is 72.2 Å². The minimum Gasteiger partial charge on any atom is -0.495 e. The lowest BCUT2D eigenvalue weighted by Crippen LogP contribution is -2.39. The minimum atomic E-state index is -2.78. The Hall–Kier alpha value is -4.15. The number of benzene rings is 2. The number of aromatic nitrogens is 5. The fourth-order valence-electron chi connectivity index (χ4n) is 4.49. The Labute approximate surface area is 204 Å². The molecule has 2 aromatic heterocycles. The molecule has 8 nitrogen and oxygen atoms in total. The van der Waals surface area contributed by atoms with Crippen molar-refractivity contribution >= 4 is 11.6 Å². The molecule has 1 aliphatic heterocycles. The number of rotatable bonds is 6. The summed E-state index contributed by atoms with van der Waals surface area (Å²) in [4.78, 5) is 18.5. The highest BCUT2D eigenvalue weighted by atomic mass is 19.3. The number of halogens is 3. The van der Waals surface area contributed by atoms with Gasteiger partial charge in [0, 0.05) is 17.3 Å². The van der Waals surface area contributed by atoms with Crippen molar-refractivity contribution in [3.63, 3.8) is 0 Å². The summed E-state index contributed by atoms with van der Waals surface area (Å²) < 4.78 is 50.0. The third kappa shape index (κ3) is 4.32. The smallest absolute Gasteiger partial charge is 0.256 e. The standard InChI is InChI=1S/C25H23F3N6O2/c1-15-11-32(14-29-15)21-8-6-16(10-23(21)36-2)19-12-34(31-30-19)22-9-7-17-18(26)4-3-5-20(17)33(25(22)35)13-24(27)28/h3-6,8,10-12,14,22,24H,7,9,13H2,1-2H3/t22-/m0/s1. The lowest BCUT2D eigenvalue weighted by Gasteiger charge is -2.25. The van der Waals surface area contributed by atoms with Gasteiger partial charge in [0.05, 0.1) is 43.2 Å². The molecule has 5 rings (SSSR count). The number of ether oxygens (including phenoxy) is 1. The molecule has 0 fully saturated rings. The molecule has 0 aliphatic carbocycles. The van der Waals surface area contributed by atoms with Crippen LogP contribution < -0.4 is 9.64 Å². The molecule has 1 atom stereocenters. The molecule has 0 bridgehead atoms. The van der Waals surface area contributed by atoms with Gasteiger partial charge in [-0.3, -0.25) is 4.79 Å². The number of imidazole rings is 1. The van der Waals surface area contributed by atoms with E-state index in [1.165, 1.54) is 22.9 Å². The van der Waals surface area contributed by atoms with E-state index in [0.717, 1.165) is 16.3 Å². The summed E-state index contributed by atoms with van der Waals surface area (Å²) in [7, 11) is 1.56. The van der Waals surface area contributed by atoms with E-state index in [1.54, 1.807) is 25.7 Å². The fourth-order valence-corrected chi connectivity index (χ4v) is 4.49. The van der Waals surface area contributed by atoms with E-state index in [2.05, 4.69) is 15.3 Å². The number of amides is 1. The quantitative estimate of drug-likeness (QED) is 0.396. The number of hydrogen-bond acceptors (Lipinski definition) is 5. The second kappa shape index (κ2) is 9.48. The van der Waals surface area contributed by atoms with Gasteiger partial charge in [-0.15, -0.1) is 5.10 Å². The predicted octanol–water partition coefficient (Wildman–Crippen LogP) is 4.37. The van der Waals surface area contributed by atoms with Crippen LogP contribution >= 0.6 is 0 Å². The number of nitrogens with zero attached hydrogens (tertiary/aromatic N) is 6. The monoisotopic (exact) mass is 496 g/mol. The summed E-state index contributed by atoms with van der Waals surface area (Å²) in [5.41, 5.74) is 3.22. The van der Waals surface area contributed by atoms with Gasteiger partial charge in [-0.2, -0.15) is 0 Å². The SMILES string of the molecule is COc1cc(-c2cn([C@H]3CCc4c(F)cccc4N(CC(F)F)C3=O)nn2)ccc1-n1cnc(C)c1. The van der Waals surface area contributed by atoms with Crippen LogP contribution in [0.1, 0.15) is 23.7 Å². The van der Waals surface area contributed by atoms with Gasteiger partial charge in [0.2, 0.25) is 0 Å². The van der Waals surface area contributed by atoms with Gasteiger partial charge in [-0.1, -0.05) is 17.3 Å². The molecular formula is C25H23F3N6O2. The minimum absolute atomic E-state index is 0.165. The molecule has 1 amide bonds. The van der Waals surface area contributed by atoms with Crippen LogP contribution in [0.25, 0.3) is 16.9 Å². The van der Waals surface area contributed by atoms with Gasteiger partial charge in [0.1, 0.15) is 23.3 Å². The van der Waals surface area contributed by atoms with Gasteiger partial charge in [-0.25, -0.2) is 22.8 Å². The highest BCUT2D eigenvalue weighted by Crippen LogP contribution is 2.34. The Kier molecular flexibility index (Phi) is 6.21. The summed E-state index contributed by atoms with van der Waals surface area (Å²) in [5.74, 6) is -0.529. The van der Waals surface area contributed by atoms with E-state index >= 15 is 0 Å². The number of anilines is 1. The molecular weight excluding hydrogens is 473 g/mol. The Morgan fingerprint density at radius 2 is 2.00 bits per heavy atom. The Bertz CT molecular complexity index is 1420. The van der Waals surface area contributed by atoms with Crippen LogP contribution in [0.5, 0.6) is 5.75 Å². The largest absolute Gasteiger partial charge is 0.495 e. The fraction of sp³-hybridized carbons (Fsp3) is 0.280. The second-order valence-electron chi connectivity index (χ2n) is 8.52. The normalized spacial score (nSPS) is 15.8. The molecule has 3 heterocycles. The highest BCUT2D eigenvalue weighted by molar-refractivity contribution is 5.97. The molecule has 0 radical (unpaired) electrons. The number of fused-ring (bicyclic) bond motifs is 1. The van der Waals surface area contributed by atoms with Gasteiger partial charge in [-0.05, 0) is 44.0 Å². The summed E-state index contributed by atoms with van der Waals surface area (Å²) in [5, 5.41) is 8.34. The molecule has 0 saturated heterocycles. The molecule has 36 heavy (non-hydrogen) atoms. The van der Waals surface area contributed by atoms with Crippen molar-refractivity contribution in [2.45, 2.75) is 32.2 Å². The van der Waals surface area contributed by atoms with Gasteiger partial charge in [0.25, 0.3) is 12.3 Å². The summed E-state index contributed by atoms with van der Waals surface area (Å²) >= 11 is 0. The highest BCUT2D eigenvalue weighted by Gasteiger charge is 2.35. The van der Waals surface area contributed by atoms with E-state index in [1.807, 2.05) is 29.8 Å². The van der Waals surface area contributed by atoms with Crippen molar-refractivity contribution in [2.24, 2.45) is 0 Å². The summed E-state index contributed by atoms with van der Waals surface area (Å²) in [6.45, 7) is 1.06. The first-order chi connectivity index (χ1) is 17.4. The van der Waals surface area contributed by atoms with Crippen LogP contribution in [0.3, 0.4) is 0 Å². The molecule has 0 unspecified atom stereocenters. The van der Waals surface area contributed by atoms with Gasteiger partial charge < -0.3 is 14.2 Å². The van der Waals surface area contributed by atoms with Crippen molar-refractivity contribution < 1.29 is 22.7 Å². The van der Waals surface area contributed by atoms with Crippen molar-refractivity contribution in [1.29, 1.82) is 0 Å². The zero-order chi connectivity index (χ0) is 25.4. The first-order valence-corrected chi connectivity index (χ1v) is 11.3. The summed E-state index contributed by atoms with van der Waals surface area (Å²) in [6.07, 6.45) is 2.76. The number of carbonyl (C=O) groups excluding carboxylic acids is 1. The van der Waals surface area contributed by atoms with Crippen molar-refractivity contribution in [3.8, 4) is 22.7 Å². The average molecular weight is 496 g/mol. The maximum Gasteiger partial charge on any atom is 0.256 e. The van der Waals surface area contributed by atoms with Crippen LogP contribution in [-0.2, 0) is 11.2 Å². The first-order valence-electron chi connectivity index (χ1n) is 11.3. The van der Waals surface area contributed by atoms with E-state index in [9.17, 15) is 18.0 Å². The Balaban J connectivity index is 1.47. The molecule has 0 N–H and O–H groups in total. The third-order valence-electron chi connectivity index (χ3n) is 6.22. The van der Waals surface area contributed by atoms with Crippen LogP contribution in [0, 0.1) is 12.7 Å². The third-order valence-corrected chi connectivity index (χ3v) is 6.22. The van der Waals surface area contributed by atoms with E-state index < -0.39 is 30.7 Å². The molecule has 0 saturated carbocycles. The molecule has 4 aromatic rings. The molecule has 0 spiro atoms. The van der Waals surface area contributed by atoms with E-state index in [4.69, 9.17) is 4.74 Å². The molecule has 2 aromatic carbocycles. The van der Waals surface area contributed by atoms with Crippen LogP contribution in [-0.4, -0.2) is 50.5 Å². The van der Waals surface area contributed by atoms with Crippen molar-refractivity contribution in [1.82, 2.24) is 24.5 Å². The molecule has 1 aliphatic rings. The molecule has 186 valence electrons. The lowest BCUT2D eigenvalue weighted by atomic mass is 10.1. The van der Waals surface area contributed by atoms with Gasteiger partial charge >= 0.3 is 0 Å². The number of carbonyl (C=O) groups is 1.